The molecule has 1 nitrogen and oxygen atoms in total. The number of nitrogens with zero attached hydrogens (tertiary/aromatic N) is 1. The summed E-state index contributed by atoms with van der Waals surface area (Å²) in [6, 6.07) is 0.684. The lowest BCUT2D eigenvalue weighted by molar-refractivity contribution is 0.181. The van der Waals surface area contributed by atoms with Gasteiger partial charge in [-0.2, -0.15) is 12.6 Å². The van der Waals surface area contributed by atoms with Gasteiger partial charge in [0, 0.05) is 12.6 Å². The molecule has 1 atom stereocenters. The van der Waals surface area contributed by atoms with Crippen molar-refractivity contribution in [1.82, 2.24) is 4.90 Å². The van der Waals surface area contributed by atoms with Crippen LogP contribution in [0.15, 0.2) is 0 Å². The predicted octanol–water partition coefficient (Wildman–Crippen LogP) is 2.67. The van der Waals surface area contributed by atoms with E-state index in [1.807, 2.05) is 0 Å². The summed E-state index contributed by atoms with van der Waals surface area (Å²) in [7, 11) is 2.19. The Balaban J connectivity index is 3.90. The van der Waals surface area contributed by atoms with Crippen molar-refractivity contribution in [3.05, 3.63) is 0 Å². The Kier molecular flexibility index (Phi) is 5.26. The molecule has 0 fully saturated rings. The molecule has 0 aliphatic heterocycles. The van der Waals surface area contributed by atoms with Crippen molar-refractivity contribution in [3.8, 4) is 0 Å². The summed E-state index contributed by atoms with van der Waals surface area (Å²) in [6.45, 7) is 10.2. The Hall–Kier alpha value is 0.310. The molecule has 0 bridgehead atoms. The molecular weight excluding hydrogens is 166 g/mol. The van der Waals surface area contributed by atoms with Crippen molar-refractivity contribution in [2.45, 2.75) is 40.2 Å². The van der Waals surface area contributed by atoms with E-state index in [0.29, 0.717) is 11.5 Å². The molecule has 0 aromatic rings. The number of hydrogen-bond acceptors (Lipinski definition) is 2. The van der Waals surface area contributed by atoms with Crippen LogP contribution in [-0.2, 0) is 0 Å². The lowest BCUT2D eigenvalue weighted by Gasteiger charge is -2.32. The molecule has 0 aliphatic rings. The van der Waals surface area contributed by atoms with E-state index >= 15 is 0 Å². The first-order chi connectivity index (χ1) is 5.43. The third kappa shape index (κ3) is 4.36. The average molecular weight is 189 g/mol. The molecule has 0 rings (SSSR count). The van der Waals surface area contributed by atoms with E-state index in [1.54, 1.807) is 0 Å². The van der Waals surface area contributed by atoms with Gasteiger partial charge in [-0.15, -0.1) is 0 Å². The molecule has 0 radical (unpaired) electrons. The van der Waals surface area contributed by atoms with Crippen LogP contribution < -0.4 is 0 Å². The first-order valence-corrected chi connectivity index (χ1v) is 5.37. The first-order valence-electron chi connectivity index (χ1n) is 4.74. The molecule has 0 spiro atoms. The smallest absolute Gasteiger partial charge is 0.00614 e. The Morgan fingerprint density at radius 1 is 1.42 bits per heavy atom. The van der Waals surface area contributed by atoms with E-state index in [9.17, 15) is 0 Å². The lowest BCUT2D eigenvalue weighted by Crippen LogP contribution is -2.37. The van der Waals surface area contributed by atoms with Crippen molar-refractivity contribution < 1.29 is 0 Å². The molecule has 1 unspecified atom stereocenters. The zero-order valence-electron chi connectivity index (χ0n) is 9.09. The molecule has 0 heterocycles. The van der Waals surface area contributed by atoms with Crippen LogP contribution in [0.3, 0.4) is 0 Å². The maximum absolute atomic E-state index is 4.35. The van der Waals surface area contributed by atoms with E-state index < -0.39 is 0 Å². The molecule has 0 N–H and O–H groups in total. The maximum Gasteiger partial charge on any atom is 0.00614 e. The maximum atomic E-state index is 4.35. The van der Waals surface area contributed by atoms with Gasteiger partial charge in [0.15, 0.2) is 0 Å². The molecule has 2 heteroatoms. The van der Waals surface area contributed by atoms with Gasteiger partial charge in [-0.3, -0.25) is 0 Å². The van der Waals surface area contributed by atoms with Crippen LogP contribution >= 0.6 is 12.6 Å². The molecular formula is C10H23NS. The minimum Gasteiger partial charge on any atom is -0.303 e. The van der Waals surface area contributed by atoms with Gasteiger partial charge in [0.1, 0.15) is 0 Å². The van der Waals surface area contributed by atoms with Crippen LogP contribution in [0.2, 0.25) is 0 Å². The van der Waals surface area contributed by atoms with E-state index in [0.717, 1.165) is 12.3 Å². The minimum absolute atomic E-state index is 0.335. The van der Waals surface area contributed by atoms with Gasteiger partial charge in [0.05, 0.1) is 0 Å². The zero-order chi connectivity index (χ0) is 9.78. The highest BCUT2D eigenvalue weighted by Crippen LogP contribution is 2.19. The Morgan fingerprint density at radius 3 is 2.25 bits per heavy atom. The zero-order valence-corrected chi connectivity index (χ0v) is 9.99. The lowest BCUT2D eigenvalue weighted by atomic mass is 9.95. The summed E-state index contributed by atoms with van der Waals surface area (Å²) < 4.78 is 0. The Bertz CT molecular complexity index is 123. The molecule has 0 amide bonds. The number of hydrogen-bond donors (Lipinski definition) is 1. The van der Waals surface area contributed by atoms with Crippen molar-refractivity contribution in [1.29, 1.82) is 0 Å². The van der Waals surface area contributed by atoms with Crippen LogP contribution in [0, 0.1) is 5.41 Å². The molecule has 0 aromatic heterocycles. The predicted molar refractivity (Wildman–Crippen MR) is 60.0 cm³/mol. The molecule has 0 aromatic carbocycles. The van der Waals surface area contributed by atoms with Crippen molar-refractivity contribution >= 4 is 12.6 Å². The van der Waals surface area contributed by atoms with E-state index in [4.69, 9.17) is 0 Å². The standard InChI is InChI=1S/C10H23NS/c1-6-9(2)11(5)7-10(3,4)8-12/h9,12H,6-8H2,1-5H3. The fourth-order valence-electron chi connectivity index (χ4n) is 1.19. The highest BCUT2D eigenvalue weighted by molar-refractivity contribution is 7.80. The first kappa shape index (κ1) is 12.3. The average Bonchev–Trinajstić information content (AvgIpc) is 2.02. The summed E-state index contributed by atoms with van der Waals surface area (Å²) in [5.74, 6) is 0.952. The van der Waals surface area contributed by atoms with Crippen molar-refractivity contribution in [3.63, 3.8) is 0 Å². The second-order valence-corrected chi connectivity index (χ2v) is 4.81. The summed E-state index contributed by atoms with van der Waals surface area (Å²) in [4.78, 5) is 2.41. The summed E-state index contributed by atoms with van der Waals surface area (Å²) >= 11 is 4.35. The van der Waals surface area contributed by atoms with Gasteiger partial charge in [-0.25, -0.2) is 0 Å². The van der Waals surface area contributed by atoms with E-state index in [1.165, 1.54) is 6.42 Å². The number of thiol groups is 1. The van der Waals surface area contributed by atoms with Gasteiger partial charge >= 0.3 is 0 Å². The molecule has 74 valence electrons. The molecule has 0 saturated carbocycles. The van der Waals surface area contributed by atoms with Crippen molar-refractivity contribution in [2.75, 3.05) is 19.3 Å². The number of rotatable bonds is 5. The molecule has 0 saturated heterocycles. The monoisotopic (exact) mass is 189 g/mol. The largest absolute Gasteiger partial charge is 0.303 e. The summed E-state index contributed by atoms with van der Waals surface area (Å²) in [6.07, 6.45) is 1.22. The SMILES string of the molecule is CCC(C)N(C)CC(C)(C)CS. The van der Waals surface area contributed by atoms with E-state index in [2.05, 4.69) is 52.3 Å². The van der Waals surface area contributed by atoms with Crippen molar-refractivity contribution in [2.24, 2.45) is 5.41 Å². The third-order valence-electron chi connectivity index (χ3n) is 2.45. The summed E-state index contributed by atoms with van der Waals surface area (Å²) in [5.41, 5.74) is 0.335. The van der Waals surface area contributed by atoms with E-state index in [-0.39, 0.29) is 0 Å². The topological polar surface area (TPSA) is 3.24 Å². The second kappa shape index (κ2) is 5.13. The quantitative estimate of drug-likeness (QED) is 0.651. The second-order valence-electron chi connectivity index (χ2n) is 4.49. The molecule has 0 aliphatic carbocycles. The van der Waals surface area contributed by atoms with Gasteiger partial charge in [-0.1, -0.05) is 20.8 Å². The van der Waals surface area contributed by atoms with Crippen LogP contribution in [-0.4, -0.2) is 30.3 Å². The van der Waals surface area contributed by atoms with Crippen LogP contribution in [0.25, 0.3) is 0 Å². The Morgan fingerprint density at radius 2 is 1.92 bits per heavy atom. The third-order valence-corrected chi connectivity index (χ3v) is 3.30. The Labute approximate surface area is 82.9 Å². The molecule has 12 heavy (non-hydrogen) atoms. The fourth-order valence-corrected chi connectivity index (χ4v) is 1.29. The van der Waals surface area contributed by atoms with Gasteiger partial charge in [0.25, 0.3) is 0 Å². The van der Waals surface area contributed by atoms with Gasteiger partial charge < -0.3 is 4.90 Å². The summed E-state index contributed by atoms with van der Waals surface area (Å²) in [5, 5.41) is 0. The van der Waals surface area contributed by atoms with Gasteiger partial charge in [0.2, 0.25) is 0 Å². The fraction of sp³-hybridized carbons (Fsp3) is 1.00. The van der Waals surface area contributed by atoms with Crippen LogP contribution in [0.4, 0.5) is 0 Å². The minimum atomic E-state index is 0.335. The van der Waals surface area contributed by atoms with Crippen LogP contribution in [0.1, 0.15) is 34.1 Å². The van der Waals surface area contributed by atoms with Gasteiger partial charge in [-0.05, 0) is 31.6 Å². The normalized spacial score (nSPS) is 15.2. The van der Waals surface area contributed by atoms with Crippen LogP contribution in [0.5, 0.6) is 0 Å². The highest BCUT2D eigenvalue weighted by atomic mass is 32.1. The highest BCUT2D eigenvalue weighted by Gasteiger charge is 2.19.